The van der Waals surface area contributed by atoms with Crippen molar-refractivity contribution < 1.29 is 27.9 Å². The summed E-state index contributed by atoms with van der Waals surface area (Å²) in [6.45, 7) is -0.267. The first-order valence-corrected chi connectivity index (χ1v) is 10.7. The molecule has 9 heteroatoms. The van der Waals surface area contributed by atoms with Gasteiger partial charge in [0.05, 0.1) is 17.0 Å². The van der Waals surface area contributed by atoms with Gasteiger partial charge in [-0.1, -0.05) is 19.3 Å². The molecule has 0 atom stereocenters. The molecule has 1 saturated carbocycles. The van der Waals surface area contributed by atoms with Crippen LogP contribution in [0.4, 0.5) is 5.69 Å². The van der Waals surface area contributed by atoms with E-state index in [-0.39, 0.29) is 28.6 Å². The number of amides is 2. The van der Waals surface area contributed by atoms with Crippen molar-refractivity contribution in [3.05, 3.63) is 23.8 Å². The van der Waals surface area contributed by atoms with E-state index in [0.29, 0.717) is 12.3 Å². The van der Waals surface area contributed by atoms with E-state index < -0.39 is 21.7 Å². The Hall–Kier alpha value is -2.42. The van der Waals surface area contributed by atoms with Crippen LogP contribution in [0.2, 0.25) is 0 Å². The third-order valence-corrected chi connectivity index (χ3v) is 5.60. The first-order valence-electron chi connectivity index (χ1n) is 8.80. The topological polar surface area (TPSA) is 130 Å². The summed E-state index contributed by atoms with van der Waals surface area (Å²) in [5.41, 5.74) is -0.212. The molecule has 0 heterocycles. The number of hydrogen-bond acceptors (Lipinski definition) is 5. The van der Waals surface area contributed by atoms with Crippen molar-refractivity contribution in [3.63, 3.8) is 0 Å². The van der Waals surface area contributed by atoms with E-state index in [1.807, 2.05) is 0 Å². The van der Waals surface area contributed by atoms with Crippen LogP contribution in [0.3, 0.4) is 0 Å². The van der Waals surface area contributed by atoms with Crippen LogP contribution < -0.4 is 10.6 Å². The number of aromatic carboxylic acids is 1. The van der Waals surface area contributed by atoms with Gasteiger partial charge in [-0.15, -0.1) is 0 Å². The lowest BCUT2D eigenvalue weighted by Crippen LogP contribution is -2.34. The summed E-state index contributed by atoms with van der Waals surface area (Å²) in [5, 5.41) is 14.1. The maximum absolute atomic E-state index is 12.0. The van der Waals surface area contributed by atoms with Crippen molar-refractivity contribution in [1.29, 1.82) is 0 Å². The van der Waals surface area contributed by atoms with E-state index in [1.54, 1.807) is 0 Å². The van der Waals surface area contributed by atoms with Crippen molar-refractivity contribution in [3.8, 4) is 0 Å². The minimum absolute atomic E-state index is 0.0434. The van der Waals surface area contributed by atoms with Gasteiger partial charge in [-0.3, -0.25) is 9.59 Å². The van der Waals surface area contributed by atoms with Crippen molar-refractivity contribution in [2.24, 2.45) is 5.92 Å². The summed E-state index contributed by atoms with van der Waals surface area (Å²) < 4.78 is 23.4. The molecule has 0 radical (unpaired) electrons. The van der Waals surface area contributed by atoms with Gasteiger partial charge in [-0.25, -0.2) is 13.2 Å². The van der Waals surface area contributed by atoms with Crippen LogP contribution >= 0.6 is 0 Å². The number of carboxylic acids is 1. The molecule has 148 valence electrons. The van der Waals surface area contributed by atoms with Crippen molar-refractivity contribution in [2.45, 2.75) is 43.4 Å². The molecule has 1 aliphatic rings. The predicted molar refractivity (Wildman–Crippen MR) is 99.3 cm³/mol. The molecule has 1 aromatic carbocycles. The SMILES string of the molecule is CS(=O)(=O)c1cc(NC(=O)CNC(=O)CC2CCCCC2)cc(C(=O)O)c1. The zero-order valence-corrected chi connectivity index (χ0v) is 16.0. The molecule has 3 N–H and O–H groups in total. The maximum Gasteiger partial charge on any atom is 0.335 e. The first-order chi connectivity index (χ1) is 12.6. The maximum atomic E-state index is 12.0. The molecule has 0 bridgehead atoms. The number of carbonyl (C=O) groups is 3. The molecule has 0 saturated heterocycles. The molecule has 0 aliphatic heterocycles. The Morgan fingerprint density at radius 2 is 1.74 bits per heavy atom. The number of carbonyl (C=O) groups excluding carboxylic acids is 2. The van der Waals surface area contributed by atoms with E-state index in [2.05, 4.69) is 10.6 Å². The van der Waals surface area contributed by atoms with E-state index in [0.717, 1.165) is 38.0 Å². The van der Waals surface area contributed by atoms with Gasteiger partial charge in [0.2, 0.25) is 11.8 Å². The molecular formula is C18H24N2O6S. The zero-order valence-electron chi connectivity index (χ0n) is 15.2. The Morgan fingerprint density at radius 3 is 2.33 bits per heavy atom. The van der Waals surface area contributed by atoms with Gasteiger partial charge in [-0.05, 0) is 37.0 Å². The lowest BCUT2D eigenvalue weighted by Gasteiger charge is -2.20. The monoisotopic (exact) mass is 396 g/mol. The third-order valence-electron chi connectivity index (χ3n) is 4.51. The molecule has 8 nitrogen and oxygen atoms in total. The van der Waals surface area contributed by atoms with Crippen molar-refractivity contribution >= 4 is 33.3 Å². The van der Waals surface area contributed by atoms with Gasteiger partial charge in [0, 0.05) is 18.4 Å². The molecule has 2 rings (SSSR count). The average Bonchev–Trinajstić information content (AvgIpc) is 2.60. The summed E-state index contributed by atoms with van der Waals surface area (Å²) in [4.78, 5) is 34.9. The third kappa shape index (κ3) is 6.67. The lowest BCUT2D eigenvalue weighted by atomic mass is 9.87. The number of hydrogen-bond donors (Lipinski definition) is 3. The van der Waals surface area contributed by atoms with Crippen LogP contribution in [0.25, 0.3) is 0 Å². The van der Waals surface area contributed by atoms with Gasteiger partial charge < -0.3 is 15.7 Å². The number of rotatable bonds is 7. The predicted octanol–water partition coefficient (Wildman–Crippen LogP) is 1.81. The summed E-state index contributed by atoms with van der Waals surface area (Å²) in [7, 11) is -3.64. The zero-order chi connectivity index (χ0) is 20.0. The Labute approximate surface area is 158 Å². The fourth-order valence-electron chi connectivity index (χ4n) is 3.12. The van der Waals surface area contributed by atoms with E-state index in [1.165, 1.54) is 18.6 Å². The fraction of sp³-hybridized carbons (Fsp3) is 0.500. The van der Waals surface area contributed by atoms with E-state index in [4.69, 9.17) is 5.11 Å². The molecular weight excluding hydrogens is 372 g/mol. The number of anilines is 1. The Balaban J connectivity index is 1.95. The van der Waals surface area contributed by atoms with Crippen LogP contribution in [0.5, 0.6) is 0 Å². The minimum Gasteiger partial charge on any atom is -0.478 e. The molecule has 1 aliphatic carbocycles. The smallest absolute Gasteiger partial charge is 0.335 e. The quantitative estimate of drug-likeness (QED) is 0.644. The highest BCUT2D eigenvalue weighted by Gasteiger charge is 2.18. The molecule has 1 fully saturated rings. The second-order valence-electron chi connectivity index (χ2n) is 6.86. The van der Waals surface area contributed by atoms with Crippen LogP contribution in [0.15, 0.2) is 23.1 Å². The molecule has 27 heavy (non-hydrogen) atoms. The largest absolute Gasteiger partial charge is 0.478 e. The van der Waals surface area contributed by atoms with Crippen molar-refractivity contribution in [2.75, 3.05) is 18.1 Å². The summed E-state index contributed by atoms with van der Waals surface area (Å²) in [6.07, 6.45) is 6.84. The minimum atomic E-state index is -3.64. The standard InChI is InChI=1S/C18H24N2O6S/c1-27(25,26)15-9-13(18(23)24)8-14(10-15)20-17(22)11-19-16(21)7-12-5-3-2-4-6-12/h8-10,12H,2-7,11H2,1H3,(H,19,21)(H,20,22)(H,23,24). The Kier molecular flexibility index (Phi) is 6.95. The molecule has 2 amide bonds. The number of benzene rings is 1. The summed E-state index contributed by atoms with van der Waals surface area (Å²) in [6, 6.07) is 3.38. The lowest BCUT2D eigenvalue weighted by molar-refractivity contribution is -0.125. The van der Waals surface area contributed by atoms with Gasteiger partial charge in [-0.2, -0.15) is 0 Å². The molecule has 0 unspecified atom stereocenters. The highest BCUT2D eigenvalue weighted by Crippen LogP contribution is 2.26. The van der Waals surface area contributed by atoms with E-state index >= 15 is 0 Å². The number of carboxylic acid groups (broad SMARTS) is 1. The van der Waals surface area contributed by atoms with Crippen molar-refractivity contribution in [1.82, 2.24) is 5.32 Å². The van der Waals surface area contributed by atoms with Gasteiger partial charge in [0.15, 0.2) is 9.84 Å². The van der Waals surface area contributed by atoms with Crippen LogP contribution in [0, 0.1) is 5.92 Å². The summed E-state index contributed by atoms with van der Waals surface area (Å²) in [5.74, 6) is -1.72. The highest BCUT2D eigenvalue weighted by molar-refractivity contribution is 7.90. The Morgan fingerprint density at radius 1 is 1.07 bits per heavy atom. The first kappa shape index (κ1) is 20.9. The van der Waals surface area contributed by atoms with E-state index in [9.17, 15) is 22.8 Å². The summed E-state index contributed by atoms with van der Waals surface area (Å²) >= 11 is 0. The Bertz CT molecular complexity index is 828. The molecule has 0 spiro atoms. The number of sulfone groups is 1. The molecule has 1 aromatic rings. The van der Waals surface area contributed by atoms with Gasteiger partial charge in [0.25, 0.3) is 0 Å². The molecule has 0 aromatic heterocycles. The van der Waals surface area contributed by atoms with Crippen LogP contribution in [-0.4, -0.2) is 44.1 Å². The van der Waals surface area contributed by atoms with Crippen LogP contribution in [0.1, 0.15) is 48.9 Å². The van der Waals surface area contributed by atoms with Gasteiger partial charge >= 0.3 is 5.97 Å². The normalized spacial score (nSPS) is 15.1. The average molecular weight is 396 g/mol. The highest BCUT2D eigenvalue weighted by atomic mass is 32.2. The van der Waals surface area contributed by atoms with Crippen LogP contribution in [-0.2, 0) is 19.4 Å². The fourth-order valence-corrected chi connectivity index (χ4v) is 3.80. The number of nitrogens with one attached hydrogen (secondary N) is 2. The second-order valence-corrected chi connectivity index (χ2v) is 8.87. The second kappa shape index (κ2) is 8.98. The van der Waals surface area contributed by atoms with Gasteiger partial charge in [0.1, 0.15) is 0 Å².